The van der Waals surface area contributed by atoms with E-state index in [1.54, 1.807) is 18.3 Å². The van der Waals surface area contributed by atoms with E-state index in [1.165, 1.54) is 27.1 Å². The van der Waals surface area contributed by atoms with Crippen LogP contribution in [0.2, 0.25) is 0 Å². The van der Waals surface area contributed by atoms with Gasteiger partial charge in [-0.15, -0.1) is 0 Å². The highest BCUT2D eigenvalue weighted by atomic mass is 16.5. The van der Waals surface area contributed by atoms with Crippen molar-refractivity contribution in [3.63, 3.8) is 0 Å². The first kappa shape index (κ1) is 15.4. The van der Waals surface area contributed by atoms with Crippen molar-refractivity contribution in [2.24, 2.45) is 5.73 Å². The van der Waals surface area contributed by atoms with Crippen LogP contribution in [0, 0.1) is 0 Å². The van der Waals surface area contributed by atoms with Crippen molar-refractivity contribution in [1.29, 1.82) is 0 Å². The van der Waals surface area contributed by atoms with E-state index in [-0.39, 0.29) is 17.0 Å². The van der Waals surface area contributed by atoms with Gasteiger partial charge in [-0.2, -0.15) is 0 Å². The Hall–Kier alpha value is -2.96. The molecule has 114 valence electrons. The number of aromatic nitrogens is 1. The van der Waals surface area contributed by atoms with Gasteiger partial charge >= 0.3 is 11.8 Å². The molecule has 1 aromatic carbocycles. The minimum absolute atomic E-state index is 0.244. The van der Waals surface area contributed by atoms with Gasteiger partial charge in [0.1, 0.15) is 11.3 Å². The van der Waals surface area contributed by atoms with Crippen LogP contribution in [0.5, 0.6) is 5.75 Å². The van der Waals surface area contributed by atoms with E-state index in [1.807, 2.05) is 0 Å². The Morgan fingerprint density at radius 3 is 2.55 bits per heavy atom. The highest BCUT2D eigenvalue weighted by Gasteiger charge is 2.24. The first-order chi connectivity index (χ1) is 10.4. The largest absolute Gasteiger partial charge is 0.494 e. The van der Waals surface area contributed by atoms with Gasteiger partial charge in [0.15, 0.2) is 5.78 Å². The summed E-state index contributed by atoms with van der Waals surface area (Å²) in [6.45, 7) is 1.38. The number of hydrogen-bond donors (Lipinski definition) is 1. The number of Topliss-reactive ketones (excluding diaryl/α,β-unsaturated/α-hetero) is 1. The second-order valence-electron chi connectivity index (χ2n) is 4.66. The van der Waals surface area contributed by atoms with Crippen LogP contribution in [0.4, 0.5) is 5.69 Å². The third-order valence-corrected chi connectivity index (χ3v) is 3.28. The summed E-state index contributed by atoms with van der Waals surface area (Å²) in [4.78, 5) is 40.2. The molecule has 0 spiro atoms. The minimum Gasteiger partial charge on any atom is -0.494 e. The Bertz CT molecular complexity index is 786. The summed E-state index contributed by atoms with van der Waals surface area (Å²) in [7, 11) is 2.83. The van der Waals surface area contributed by atoms with E-state index in [0.717, 1.165) is 4.90 Å². The van der Waals surface area contributed by atoms with Crippen molar-refractivity contribution < 1.29 is 19.1 Å². The van der Waals surface area contributed by atoms with Crippen LogP contribution in [-0.4, -0.2) is 36.7 Å². The van der Waals surface area contributed by atoms with Gasteiger partial charge in [-0.25, -0.2) is 0 Å². The molecule has 7 nitrogen and oxygen atoms in total. The average Bonchev–Trinajstić information content (AvgIpc) is 2.51. The number of carbonyl (C=O) groups is 3. The number of pyridine rings is 1. The number of ether oxygens (including phenoxy) is 1. The fourth-order valence-corrected chi connectivity index (χ4v) is 2.27. The summed E-state index contributed by atoms with van der Waals surface area (Å²) in [5.74, 6) is -1.91. The van der Waals surface area contributed by atoms with E-state index in [2.05, 4.69) is 4.98 Å². The molecule has 2 amide bonds. The number of amides is 2. The number of ketones is 1. The van der Waals surface area contributed by atoms with Crippen LogP contribution >= 0.6 is 0 Å². The van der Waals surface area contributed by atoms with Gasteiger partial charge in [0, 0.05) is 24.7 Å². The van der Waals surface area contributed by atoms with Crippen LogP contribution in [-0.2, 0) is 9.59 Å². The highest BCUT2D eigenvalue weighted by molar-refractivity contribution is 6.40. The minimum atomic E-state index is -1.11. The number of fused-ring (bicyclic) bond motifs is 1. The SMILES string of the molecule is COc1cc(N(C)C(=O)C(N)=O)c(C(C)=O)c2cccnc12. The Kier molecular flexibility index (Phi) is 4.07. The number of carbonyl (C=O) groups excluding carboxylic acids is 3. The molecular formula is C15H15N3O4. The second-order valence-corrected chi connectivity index (χ2v) is 4.66. The van der Waals surface area contributed by atoms with Crippen LogP contribution in [0.25, 0.3) is 10.9 Å². The highest BCUT2D eigenvalue weighted by Crippen LogP contribution is 2.35. The van der Waals surface area contributed by atoms with Crippen molar-refractivity contribution >= 4 is 34.2 Å². The lowest BCUT2D eigenvalue weighted by molar-refractivity contribution is -0.135. The quantitative estimate of drug-likeness (QED) is 0.670. The summed E-state index contributed by atoms with van der Waals surface area (Å²) in [6, 6.07) is 4.87. The first-order valence-corrected chi connectivity index (χ1v) is 6.42. The van der Waals surface area contributed by atoms with E-state index < -0.39 is 11.8 Å². The molecule has 0 unspecified atom stereocenters. The molecule has 7 heteroatoms. The lowest BCUT2D eigenvalue weighted by atomic mass is 10.0. The summed E-state index contributed by atoms with van der Waals surface area (Å²) in [6.07, 6.45) is 1.58. The van der Waals surface area contributed by atoms with Crippen LogP contribution < -0.4 is 15.4 Å². The number of nitrogens with two attached hydrogens (primary N) is 1. The van der Waals surface area contributed by atoms with Crippen molar-refractivity contribution in [2.75, 3.05) is 19.1 Å². The molecule has 0 aliphatic rings. The zero-order valence-corrected chi connectivity index (χ0v) is 12.4. The van der Waals surface area contributed by atoms with Crippen molar-refractivity contribution in [2.45, 2.75) is 6.92 Å². The summed E-state index contributed by atoms with van der Waals surface area (Å²) in [5.41, 5.74) is 6.05. The predicted molar refractivity (Wildman–Crippen MR) is 80.9 cm³/mol. The number of benzene rings is 1. The van der Waals surface area contributed by atoms with Gasteiger partial charge in [0.25, 0.3) is 0 Å². The molecule has 2 aromatic rings. The molecule has 1 aromatic heterocycles. The molecular weight excluding hydrogens is 286 g/mol. The smallest absolute Gasteiger partial charge is 0.315 e. The number of anilines is 1. The zero-order chi connectivity index (χ0) is 16.4. The molecule has 0 atom stereocenters. The number of methoxy groups -OCH3 is 1. The van der Waals surface area contributed by atoms with Crippen LogP contribution in [0.15, 0.2) is 24.4 Å². The molecule has 0 bridgehead atoms. The van der Waals surface area contributed by atoms with Gasteiger partial charge in [0.2, 0.25) is 0 Å². The van der Waals surface area contributed by atoms with E-state index in [9.17, 15) is 14.4 Å². The fraction of sp³-hybridized carbons (Fsp3) is 0.200. The number of nitrogens with zero attached hydrogens (tertiary/aromatic N) is 2. The lowest BCUT2D eigenvalue weighted by Crippen LogP contribution is -2.38. The molecule has 2 rings (SSSR count). The molecule has 0 aliphatic carbocycles. The maximum atomic E-state index is 12.1. The van der Waals surface area contributed by atoms with E-state index >= 15 is 0 Å². The van der Waals surface area contributed by atoms with E-state index in [0.29, 0.717) is 16.7 Å². The molecule has 0 saturated carbocycles. The molecule has 1 heterocycles. The normalized spacial score (nSPS) is 10.3. The standard InChI is InChI=1S/C15H15N3O4/c1-8(19)12-9-5-4-6-17-13(9)11(22-3)7-10(12)18(2)15(21)14(16)20/h4-7H,1-3H3,(H2,16,20). The van der Waals surface area contributed by atoms with Crippen LogP contribution in [0.1, 0.15) is 17.3 Å². The fourth-order valence-electron chi connectivity index (χ4n) is 2.27. The third-order valence-electron chi connectivity index (χ3n) is 3.28. The molecule has 2 N–H and O–H groups in total. The molecule has 22 heavy (non-hydrogen) atoms. The Morgan fingerprint density at radius 1 is 1.32 bits per heavy atom. The number of likely N-dealkylation sites (N-methyl/N-ethyl adjacent to an activating group) is 1. The Balaban J connectivity index is 2.83. The maximum Gasteiger partial charge on any atom is 0.315 e. The monoisotopic (exact) mass is 301 g/mol. The number of rotatable bonds is 3. The predicted octanol–water partition coefficient (Wildman–Crippen LogP) is 0.894. The summed E-state index contributed by atoms with van der Waals surface area (Å²) >= 11 is 0. The van der Waals surface area contributed by atoms with Crippen molar-refractivity contribution in [3.05, 3.63) is 30.0 Å². The second kappa shape index (κ2) is 5.80. The van der Waals surface area contributed by atoms with Gasteiger partial charge in [0.05, 0.1) is 18.4 Å². The van der Waals surface area contributed by atoms with Gasteiger partial charge in [-0.1, -0.05) is 6.07 Å². The first-order valence-electron chi connectivity index (χ1n) is 6.42. The van der Waals surface area contributed by atoms with Crippen molar-refractivity contribution in [3.8, 4) is 5.75 Å². The Morgan fingerprint density at radius 2 is 2.00 bits per heavy atom. The molecule has 0 radical (unpaired) electrons. The molecule has 0 aliphatic heterocycles. The molecule has 0 fully saturated rings. The van der Waals surface area contributed by atoms with E-state index in [4.69, 9.17) is 10.5 Å². The number of primary amides is 1. The van der Waals surface area contributed by atoms with Gasteiger partial charge in [-0.3, -0.25) is 19.4 Å². The van der Waals surface area contributed by atoms with Gasteiger partial charge < -0.3 is 15.4 Å². The lowest BCUT2D eigenvalue weighted by Gasteiger charge is -2.21. The summed E-state index contributed by atoms with van der Waals surface area (Å²) in [5, 5.41) is 0.536. The summed E-state index contributed by atoms with van der Waals surface area (Å²) < 4.78 is 5.27. The topological polar surface area (TPSA) is 103 Å². The zero-order valence-electron chi connectivity index (χ0n) is 12.4. The van der Waals surface area contributed by atoms with Crippen molar-refractivity contribution in [1.82, 2.24) is 4.98 Å². The molecule has 0 saturated heterocycles. The maximum absolute atomic E-state index is 12.1. The van der Waals surface area contributed by atoms with Crippen LogP contribution in [0.3, 0.4) is 0 Å². The third kappa shape index (κ3) is 2.48. The van der Waals surface area contributed by atoms with Gasteiger partial charge in [-0.05, 0) is 13.0 Å². The number of hydrogen-bond acceptors (Lipinski definition) is 5. The Labute approximate surface area is 126 Å². The average molecular weight is 301 g/mol.